The number of likely N-dealkylation sites (N-methyl/N-ethyl adjacent to an activating group) is 1. The van der Waals surface area contributed by atoms with Gasteiger partial charge in [-0.15, -0.1) is 0 Å². The Morgan fingerprint density at radius 3 is 2.52 bits per heavy atom. The Bertz CT molecular complexity index is 741. The molecule has 6 nitrogen and oxygen atoms in total. The Labute approximate surface area is 147 Å². The lowest BCUT2D eigenvalue weighted by Gasteiger charge is -2.17. The molecule has 132 valence electrons. The first-order valence-corrected chi connectivity index (χ1v) is 7.85. The van der Waals surface area contributed by atoms with Crippen LogP contribution in [0.1, 0.15) is 29.7 Å². The second-order valence-corrected chi connectivity index (χ2v) is 5.43. The molecule has 1 atom stereocenters. The van der Waals surface area contributed by atoms with E-state index in [0.717, 1.165) is 16.7 Å². The van der Waals surface area contributed by atoms with Crippen molar-refractivity contribution in [1.82, 2.24) is 5.32 Å². The van der Waals surface area contributed by atoms with E-state index in [2.05, 4.69) is 10.5 Å². The predicted octanol–water partition coefficient (Wildman–Crippen LogP) is 2.77. The van der Waals surface area contributed by atoms with Crippen LogP contribution in [0.15, 0.2) is 53.7 Å². The van der Waals surface area contributed by atoms with Crippen LogP contribution >= 0.6 is 0 Å². The quantitative estimate of drug-likeness (QED) is 0.599. The molecule has 0 aliphatic rings. The van der Waals surface area contributed by atoms with Crippen molar-refractivity contribution in [2.45, 2.75) is 19.6 Å². The number of aromatic hydroxyl groups is 1. The molecule has 0 heterocycles. The summed E-state index contributed by atoms with van der Waals surface area (Å²) >= 11 is 0. The molecule has 0 radical (unpaired) electrons. The number of amides is 1. The normalized spacial score (nSPS) is 12.5. The summed E-state index contributed by atoms with van der Waals surface area (Å²) in [5, 5.41) is 16.0. The first-order chi connectivity index (χ1) is 12.1. The molecule has 0 saturated heterocycles. The number of carbonyl (C=O) groups excluding carboxylic acids is 1. The number of nitrogens with zero attached hydrogens (tertiary/aromatic N) is 1. The molecule has 0 aromatic heterocycles. The van der Waals surface area contributed by atoms with E-state index in [1.807, 2.05) is 31.2 Å². The molecule has 25 heavy (non-hydrogen) atoms. The number of ether oxygens (including phenoxy) is 1. The molecular formula is C19H22N2O4. The van der Waals surface area contributed by atoms with Crippen molar-refractivity contribution in [1.29, 1.82) is 0 Å². The van der Waals surface area contributed by atoms with E-state index in [1.165, 1.54) is 7.11 Å². The standard InChI is InChI=1S/C19H22N2O4/c1-13(14-8-10-16(22)11-9-14)21-25-12-15-6-4-5-7-17(15)18(24-3)19(23)20-2/h4-11,18,22H,12H2,1-3H3,(H,20,23)/b21-13+. The minimum atomic E-state index is -0.702. The van der Waals surface area contributed by atoms with Crippen LogP contribution in [-0.2, 0) is 21.0 Å². The summed E-state index contributed by atoms with van der Waals surface area (Å²) in [5.74, 6) is -0.0232. The molecule has 2 N–H and O–H groups in total. The third kappa shape index (κ3) is 4.81. The van der Waals surface area contributed by atoms with Crippen molar-refractivity contribution in [2.75, 3.05) is 14.2 Å². The molecular weight excluding hydrogens is 320 g/mol. The third-order valence-electron chi connectivity index (χ3n) is 3.76. The number of benzene rings is 2. The van der Waals surface area contributed by atoms with E-state index in [0.29, 0.717) is 5.71 Å². The molecule has 0 fully saturated rings. The van der Waals surface area contributed by atoms with Crippen LogP contribution < -0.4 is 5.32 Å². The van der Waals surface area contributed by atoms with Gasteiger partial charge in [-0.2, -0.15) is 0 Å². The number of methoxy groups -OCH3 is 1. The second kappa shape index (κ2) is 8.84. The van der Waals surface area contributed by atoms with Gasteiger partial charge in [0, 0.05) is 14.2 Å². The van der Waals surface area contributed by atoms with Gasteiger partial charge in [0.15, 0.2) is 6.10 Å². The van der Waals surface area contributed by atoms with Crippen LogP contribution in [0, 0.1) is 0 Å². The molecule has 2 rings (SSSR count). The van der Waals surface area contributed by atoms with Crippen LogP contribution in [0.5, 0.6) is 5.75 Å². The second-order valence-electron chi connectivity index (χ2n) is 5.43. The highest BCUT2D eigenvalue weighted by atomic mass is 16.6. The lowest BCUT2D eigenvalue weighted by atomic mass is 10.0. The highest BCUT2D eigenvalue weighted by Gasteiger charge is 2.21. The van der Waals surface area contributed by atoms with Gasteiger partial charge in [0.1, 0.15) is 12.4 Å². The number of hydrogen-bond donors (Lipinski definition) is 2. The van der Waals surface area contributed by atoms with E-state index in [9.17, 15) is 9.90 Å². The van der Waals surface area contributed by atoms with Crippen LogP contribution in [0.4, 0.5) is 0 Å². The lowest BCUT2D eigenvalue weighted by Crippen LogP contribution is -2.27. The van der Waals surface area contributed by atoms with E-state index >= 15 is 0 Å². The zero-order valence-corrected chi connectivity index (χ0v) is 14.5. The highest BCUT2D eigenvalue weighted by molar-refractivity contribution is 5.98. The smallest absolute Gasteiger partial charge is 0.253 e. The maximum Gasteiger partial charge on any atom is 0.253 e. The average molecular weight is 342 g/mol. The van der Waals surface area contributed by atoms with Gasteiger partial charge in [0.25, 0.3) is 5.91 Å². The van der Waals surface area contributed by atoms with Crippen molar-refractivity contribution in [3.8, 4) is 5.75 Å². The third-order valence-corrected chi connectivity index (χ3v) is 3.76. The highest BCUT2D eigenvalue weighted by Crippen LogP contribution is 2.22. The summed E-state index contributed by atoms with van der Waals surface area (Å²) in [7, 11) is 3.06. The largest absolute Gasteiger partial charge is 0.508 e. The van der Waals surface area contributed by atoms with Crippen LogP contribution in [0.3, 0.4) is 0 Å². The zero-order valence-electron chi connectivity index (χ0n) is 14.5. The van der Waals surface area contributed by atoms with Gasteiger partial charge in [0.2, 0.25) is 0 Å². The Kier molecular flexibility index (Phi) is 6.54. The topological polar surface area (TPSA) is 80.2 Å². The number of phenols is 1. The summed E-state index contributed by atoms with van der Waals surface area (Å²) in [5.41, 5.74) is 3.10. The van der Waals surface area contributed by atoms with Crippen LogP contribution in [0.2, 0.25) is 0 Å². The number of oxime groups is 1. The van der Waals surface area contributed by atoms with Gasteiger partial charge in [-0.05, 0) is 47.9 Å². The molecule has 0 aliphatic heterocycles. The number of phenolic OH excluding ortho intramolecular Hbond substituents is 1. The summed E-state index contributed by atoms with van der Waals surface area (Å²) in [6.45, 7) is 2.03. The molecule has 0 aliphatic carbocycles. The molecule has 0 saturated carbocycles. The molecule has 0 spiro atoms. The molecule has 6 heteroatoms. The Balaban J connectivity index is 2.12. The fourth-order valence-corrected chi connectivity index (χ4v) is 2.38. The maximum atomic E-state index is 12.0. The number of nitrogens with one attached hydrogen (secondary N) is 1. The van der Waals surface area contributed by atoms with E-state index in [4.69, 9.17) is 9.57 Å². The minimum Gasteiger partial charge on any atom is -0.508 e. The Hall–Kier alpha value is -2.86. The first kappa shape index (κ1) is 18.5. The summed E-state index contributed by atoms with van der Waals surface area (Å²) < 4.78 is 5.31. The van der Waals surface area contributed by atoms with Crippen molar-refractivity contribution in [2.24, 2.45) is 5.16 Å². The van der Waals surface area contributed by atoms with Crippen molar-refractivity contribution in [3.05, 3.63) is 65.2 Å². The summed E-state index contributed by atoms with van der Waals surface area (Å²) in [4.78, 5) is 17.4. The number of hydrogen-bond acceptors (Lipinski definition) is 5. The first-order valence-electron chi connectivity index (χ1n) is 7.85. The van der Waals surface area contributed by atoms with E-state index in [1.54, 1.807) is 31.3 Å². The maximum absolute atomic E-state index is 12.0. The Morgan fingerprint density at radius 2 is 1.88 bits per heavy atom. The monoisotopic (exact) mass is 342 g/mol. The van der Waals surface area contributed by atoms with Crippen LogP contribution in [-0.4, -0.2) is 30.9 Å². The van der Waals surface area contributed by atoms with Gasteiger partial charge in [-0.3, -0.25) is 4.79 Å². The summed E-state index contributed by atoms with van der Waals surface area (Å²) in [6.07, 6.45) is -0.702. The van der Waals surface area contributed by atoms with E-state index in [-0.39, 0.29) is 18.3 Å². The van der Waals surface area contributed by atoms with Gasteiger partial charge in [-0.25, -0.2) is 0 Å². The SMILES string of the molecule is CNC(=O)C(OC)c1ccccc1CO/N=C(\C)c1ccc(O)cc1. The van der Waals surface area contributed by atoms with Crippen molar-refractivity contribution < 1.29 is 19.5 Å². The fraction of sp³-hybridized carbons (Fsp3) is 0.263. The van der Waals surface area contributed by atoms with Crippen molar-refractivity contribution >= 4 is 11.6 Å². The van der Waals surface area contributed by atoms with Gasteiger partial charge >= 0.3 is 0 Å². The Morgan fingerprint density at radius 1 is 1.20 bits per heavy atom. The summed E-state index contributed by atoms with van der Waals surface area (Å²) in [6, 6.07) is 14.1. The van der Waals surface area contributed by atoms with Gasteiger partial charge in [0.05, 0.1) is 5.71 Å². The zero-order chi connectivity index (χ0) is 18.2. The molecule has 0 bridgehead atoms. The van der Waals surface area contributed by atoms with Gasteiger partial charge in [-0.1, -0.05) is 29.4 Å². The minimum absolute atomic E-state index is 0.200. The van der Waals surface area contributed by atoms with Crippen LogP contribution in [0.25, 0.3) is 0 Å². The van der Waals surface area contributed by atoms with Crippen molar-refractivity contribution in [3.63, 3.8) is 0 Å². The molecule has 1 amide bonds. The van der Waals surface area contributed by atoms with Gasteiger partial charge < -0.3 is 20.0 Å². The lowest BCUT2D eigenvalue weighted by molar-refractivity contribution is -0.130. The molecule has 2 aromatic rings. The molecule has 1 unspecified atom stereocenters. The number of carbonyl (C=O) groups is 1. The fourth-order valence-electron chi connectivity index (χ4n) is 2.38. The molecule has 2 aromatic carbocycles. The van der Waals surface area contributed by atoms with E-state index < -0.39 is 6.10 Å². The number of rotatable bonds is 7. The predicted molar refractivity (Wildman–Crippen MR) is 95.4 cm³/mol. The average Bonchev–Trinajstić information content (AvgIpc) is 2.63.